The van der Waals surface area contributed by atoms with Gasteiger partial charge in [-0.2, -0.15) is 0 Å². The van der Waals surface area contributed by atoms with Crippen LogP contribution in [-0.4, -0.2) is 15.4 Å². The van der Waals surface area contributed by atoms with Gasteiger partial charge >= 0.3 is 0 Å². The second kappa shape index (κ2) is 2.64. The Balaban J connectivity index is 2.94. The number of hydrogen-bond donors (Lipinski definition) is 1. The van der Waals surface area contributed by atoms with Gasteiger partial charge in [-0.1, -0.05) is 6.07 Å². The highest BCUT2D eigenvalue weighted by Crippen LogP contribution is 2.00. The molecule has 0 atom stereocenters. The predicted octanol–water partition coefficient (Wildman–Crippen LogP) is 0.885. The van der Waals surface area contributed by atoms with Gasteiger partial charge in [0.2, 0.25) is 0 Å². The zero-order chi connectivity index (χ0) is 6.69. The molecule has 45 valence electrons. The fourth-order valence-corrected chi connectivity index (χ4v) is 0.752. The molecule has 0 fully saturated rings. The van der Waals surface area contributed by atoms with E-state index in [9.17, 15) is 0 Å². The first kappa shape index (κ1) is 6.29. The Hall–Kier alpha value is -0.833. The Bertz CT molecular complexity index is 200. The van der Waals surface area contributed by atoms with Crippen molar-refractivity contribution in [2.45, 2.75) is 6.92 Å². The quantitative estimate of drug-likeness (QED) is 0.578. The summed E-state index contributed by atoms with van der Waals surface area (Å²) in [7, 11) is 3.12. The molecule has 1 aromatic heterocycles. The molecule has 0 bridgehead atoms. The van der Waals surface area contributed by atoms with Gasteiger partial charge < -0.3 is 4.98 Å². The summed E-state index contributed by atoms with van der Waals surface area (Å²) in [5.41, 5.74) is 1.01. The lowest BCUT2D eigenvalue weighted by molar-refractivity contribution is 1.21. The van der Waals surface area contributed by atoms with E-state index in [2.05, 4.69) is 20.4 Å². The summed E-state index contributed by atoms with van der Waals surface area (Å²) in [6.45, 7) is 1.95. The molecule has 0 unspecified atom stereocenters. The molecule has 1 aromatic rings. The van der Waals surface area contributed by atoms with Crippen LogP contribution in [0.5, 0.6) is 0 Å². The van der Waals surface area contributed by atoms with Crippen LogP contribution in [0.4, 0.5) is 5.82 Å². The third-order valence-electron chi connectivity index (χ3n) is 1.02. The van der Waals surface area contributed by atoms with Gasteiger partial charge in [-0.25, -0.2) is 4.98 Å². The molecule has 0 aliphatic carbocycles. The van der Waals surface area contributed by atoms with E-state index in [0.717, 1.165) is 11.5 Å². The highest BCUT2D eigenvalue weighted by molar-refractivity contribution is 6.15. The van der Waals surface area contributed by atoms with Crippen LogP contribution in [0, 0.1) is 6.92 Å². The minimum atomic E-state index is 0.840. The van der Waals surface area contributed by atoms with E-state index in [1.54, 1.807) is 0 Å². The lowest BCUT2D eigenvalue weighted by atomic mass is 10.4. The molecular weight excluding hydrogens is 128 g/mol. The monoisotopic (exact) mass is 135 g/mol. The van der Waals surface area contributed by atoms with Gasteiger partial charge in [0.15, 0.2) is 10.4 Å². The standard InChI is InChI=1S/C6H7N2Si/c1-5-3-2-4-6(7-5)8-9/h2-4H,1H3,(H,7,8). The van der Waals surface area contributed by atoms with Crippen LogP contribution in [-0.2, 0) is 0 Å². The molecule has 0 saturated heterocycles. The van der Waals surface area contributed by atoms with Crippen molar-refractivity contribution in [2.75, 3.05) is 4.98 Å². The number of aryl methyl sites for hydroxylation is 1. The Morgan fingerprint density at radius 1 is 1.56 bits per heavy atom. The molecule has 0 amide bonds. The molecular formula is C6H7N2Si. The first-order valence-corrected chi connectivity index (χ1v) is 3.19. The van der Waals surface area contributed by atoms with E-state index in [4.69, 9.17) is 0 Å². The maximum Gasteiger partial charge on any atom is 0.187 e. The van der Waals surface area contributed by atoms with Gasteiger partial charge in [-0.15, -0.1) is 0 Å². The van der Waals surface area contributed by atoms with Crippen LogP contribution >= 0.6 is 0 Å². The van der Waals surface area contributed by atoms with Gasteiger partial charge in [0.05, 0.1) is 0 Å². The first-order chi connectivity index (χ1) is 4.33. The second-order valence-corrected chi connectivity index (χ2v) is 2.04. The molecule has 1 N–H and O–H groups in total. The molecule has 0 aromatic carbocycles. The summed E-state index contributed by atoms with van der Waals surface area (Å²) in [5.74, 6) is 0.840. The minimum Gasteiger partial charge on any atom is -0.397 e. The van der Waals surface area contributed by atoms with Crippen molar-refractivity contribution in [3.8, 4) is 0 Å². The van der Waals surface area contributed by atoms with Crippen molar-refractivity contribution < 1.29 is 0 Å². The van der Waals surface area contributed by atoms with Crippen LogP contribution in [0.1, 0.15) is 5.69 Å². The van der Waals surface area contributed by atoms with Crippen LogP contribution in [0.25, 0.3) is 0 Å². The number of pyridine rings is 1. The fraction of sp³-hybridized carbons (Fsp3) is 0.167. The van der Waals surface area contributed by atoms with E-state index in [0.29, 0.717) is 0 Å². The van der Waals surface area contributed by atoms with Crippen LogP contribution in [0.2, 0.25) is 0 Å². The molecule has 0 spiro atoms. The maximum absolute atomic E-state index is 4.13. The summed E-state index contributed by atoms with van der Waals surface area (Å²) in [6.07, 6.45) is 0. The third-order valence-corrected chi connectivity index (χ3v) is 1.27. The largest absolute Gasteiger partial charge is 0.397 e. The van der Waals surface area contributed by atoms with Crippen molar-refractivity contribution in [3.05, 3.63) is 23.9 Å². The van der Waals surface area contributed by atoms with E-state index in [1.165, 1.54) is 0 Å². The zero-order valence-electron chi connectivity index (χ0n) is 5.18. The molecule has 1 heterocycles. The topological polar surface area (TPSA) is 24.9 Å². The van der Waals surface area contributed by atoms with E-state index >= 15 is 0 Å². The number of rotatable bonds is 1. The molecule has 3 radical (unpaired) electrons. The van der Waals surface area contributed by atoms with Gasteiger partial charge in [0, 0.05) is 5.69 Å². The Kier molecular flexibility index (Phi) is 1.84. The third kappa shape index (κ3) is 1.53. The SMILES string of the molecule is Cc1cccc(N[Si])n1. The minimum absolute atomic E-state index is 0.840. The molecule has 0 saturated carbocycles. The molecule has 9 heavy (non-hydrogen) atoms. The average Bonchev–Trinajstić information content (AvgIpc) is 1.88. The highest BCUT2D eigenvalue weighted by Gasteiger charge is 1.86. The van der Waals surface area contributed by atoms with Gasteiger partial charge in [0.1, 0.15) is 5.82 Å². The predicted molar refractivity (Wildman–Crippen MR) is 38.4 cm³/mol. The van der Waals surface area contributed by atoms with Crippen molar-refractivity contribution in [1.29, 1.82) is 0 Å². The van der Waals surface area contributed by atoms with Crippen molar-refractivity contribution in [1.82, 2.24) is 4.98 Å². The normalized spacial score (nSPS) is 9.11. The summed E-state index contributed by atoms with van der Waals surface area (Å²) in [5, 5.41) is 0. The van der Waals surface area contributed by atoms with E-state index in [-0.39, 0.29) is 0 Å². The van der Waals surface area contributed by atoms with E-state index in [1.807, 2.05) is 25.1 Å². The highest BCUT2D eigenvalue weighted by atomic mass is 28.2. The summed E-state index contributed by atoms with van der Waals surface area (Å²) in [6, 6.07) is 5.79. The Morgan fingerprint density at radius 3 is 2.78 bits per heavy atom. The molecule has 2 nitrogen and oxygen atoms in total. The lowest BCUT2D eigenvalue weighted by Crippen LogP contribution is -1.93. The molecule has 1 rings (SSSR count). The molecule has 0 aliphatic rings. The maximum atomic E-state index is 4.13. The summed E-state index contributed by atoms with van der Waals surface area (Å²) >= 11 is 0. The molecule has 0 aliphatic heterocycles. The molecule has 3 heteroatoms. The average molecular weight is 135 g/mol. The number of anilines is 1. The van der Waals surface area contributed by atoms with Gasteiger partial charge in [0.25, 0.3) is 0 Å². The fourth-order valence-electron chi connectivity index (χ4n) is 0.613. The lowest BCUT2D eigenvalue weighted by Gasteiger charge is -1.96. The van der Waals surface area contributed by atoms with E-state index < -0.39 is 0 Å². The summed E-state index contributed by atoms with van der Waals surface area (Å²) < 4.78 is 0. The van der Waals surface area contributed by atoms with Crippen LogP contribution in [0.15, 0.2) is 18.2 Å². The summed E-state index contributed by atoms with van der Waals surface area (Å²) in [4.78, 5) is 6.89. The van der Waals surface area contributed by atoms with Gasteiger partial charge in [-0.05, 0) is 19.1 Å². The zero-order valence-corrected chi connectivity index (χ0v) is 6.18. The Labute approximate surface area is 57.8 Å². The number of nitrogens with one attached hydrogen (secondary N) is 1. The smallest absolute Gasteiger partial charge is 0.187 e. The van der Waals surface area contributed by atoms with Crippen molar-refractivity contribution in [3.63, 3.8) is 0 Å². The van der Waals surface area contributed by atoms with Crippen LogP contribution in [0.3, 0.4) is 0 Å². The number of hydrogen-bond acceptors (Lipinski definition) is 2. The number of nitrogens with zero attached hydrogens (tertiary/aromatic N) is 1. The Morgan fingerprint density at radius 2 is 2.33 bits per heavy atom. The van der Waals surface area contributed by atoms with Crippen molar-refractivity contribution >= 4 is 16.2 Å². The first-order valence-electron chi connectivity index (χ1n) is 2.69. The van der Waals surface area contributed by atoms with Crippen LogP contribution < -0.4 is 4.98 Å². The number of aromatic nitrogens is 1. The second-order valence-electron chi connectivity index (χ2n) is 1.79. The van der Waals surface area contributed by atoms with Crippen molar-refractivity contribution in [2.24, 2.45) is 0 Å². The van der Waals surface area contributed by atoms with Gasteiger partial charge in [-0.3, -0.25) is 0 Å².